The molecular weight excluding hydrogens is 249 g/mol. The summed E-state index contributed by atoms with van der Waals surface area (Å²) in [6.07, 6.45) is 0. The Hall–Kier alpha value is -1.34. The molecule has 1 heterocycles. The molecule has 0 aliphatic heterocycles. The number of oxazole rings is 1. The maximum atomic E-state index is 12.9. The van der Waals surface area contributed by atoms with Gasteiger partial charge in [0.1, 0.15) is 16.2 Å². The van der Waals surface area contributed by atoms with Crippen LogP contribution in [0, 0.1) is 5.82 Å². The Morgan fingerprint density at radius 2 is 2.07 bits per heavy atom. The topological polar surface area (TPSA) is 80.1 Å². The van der Waals surface area contributed by atoms with Crippen LogP contribution in [0.4, 0.5) is 4.39 Å². The molecule has 0 aliphatic rings. The van der Waals surface area contributed by atoms with Gasteiger partial charge in [0.25, 0.3) is 9.05 Å². The van der Waals surface area contributed by atoms with Crippen molar-refractivity contribution in [3.05, 3.63) is 28.5 Å². The molecule has 5 nitrogen and oxygen atoms in total. The van der Waals surface area contributed by atoms with Crippen molar-refractivity contribution in [2.75, 3.05) is 0 Å². The number of rotatable bonds is 1. The Morgan fingerprint density at radius 3 is 2.67 bits per heavy atom. The summed E-state index contributed by atoms with van der Waals surface area (Å²) in [6, 6.07) is 1.59. The lowest BCUT2D eigenvalue weighted by molar-refractivity contribution is 0.550. The average Bonchev–Trinajstić information content (AvgIpc) is 2.41. The summed E-state index contributed by atoms with van der Waals surface area (Å²) in [7, 11) is 0.924. The van der Waals surface area contributed by atoms with Gasteiger partial charge in [-0.25, -0.2) is 17.6 Å². The van der Waals surface area contributed by atoms with Gasteiger partial charge in [0.15, 0.2) is 5.58 Å². The van der Waals surface area contributed by atoms with E-state index < -0.39 is 25.5 Å². The standard InChI is InChI=1S/C7H3ClFNO4S/c8-15(12,13)5-2-3(9)1-4-6(5)10-7(11)14-4/h1-2H,(H,10,11). The summed E-state index contributed by atoms with van der Waals surface area (Å²) in [5.41, 5.74) is -0.337. The number of aromatic amines is 1. The smallest absolute Gasteiger partial charge is 0.408 e. The third-order valence-electron chi connectivity index (χ3n) is 1.72. The highest BCUT2D eigenvalue weighted by atomic mass is 35.7. The van der Waals surface area contributed by atoms with Gasteiger partial charge in [-0.3, -0.25) is 4.98 Å². The molecule has 0 spiro atoms. The van der Waals surface area contributed by atoms with Gasteiger partial charge in [0.2, 0.25) is 0 Å². The summed E-state index contributed by atoms with van der Waals surface area (Å²) in [6.45, 7) is 0. The summed E-state index contributed by atoms with van der Waals surface area (Å²) < 4.78 is 39.5. The van der Waals surface area contributed by atoms with Crippen molar-refractivity contribution in [3.8, 4) is 0 Å². The number of nitrogens with one attached hydrogen (secondary N) is 1. The molecule has 0 aliphatic carbocycles. The van der Waals surface area contributed by atoms with E-state index in [2.05, 4.69) is 9.40 Å². The van der Waals surface area contributed by atoms with Crippen LogP contribution >= 0.6 is 10.7 Å². The monoisotopic (exact) mass is 251 g/mol. The zero-order valence-electron chi connectivity index (χ0n) is 6.95. The second-order valence-electron chi connectivity index (χ2n) is 2.73. The van der Waals surface area contributed by atoms with Gasteiger partial charge < -0.3 is 4.42 Å². The number of hydrogen-bond acceptors (Lipinski definition) is 4. The predicted octanol–water partition coefficient (Wildman–Crippen LogP) is 1.19. The first kappa shape index (κ1) is 10.2. The Labute approximate surface area is 86.9 Å². The molecule has 0 saturated heterocycles. The minimum Gasteiger partial charge on any atom is -0.408 e. The van der Waals surface area contributed by atoms with Crippen LogP contribution in [0.1, 0.15) is 0 Å². The van der Waals surface area contributed by atoms with Gasteiger partial charge in [-0.15, -0.1) is 0 Å². The number of benzene rings is 1. The third kappa shape index (κ3) is 1.75. The first-order chi connectivity index (χ1) is 6.88. The van der Waals surface area contributed by atoms with Gasteiger partial charge in [0, 0.05) is 16.7 Å². The molecule has 0 amide bonds. The van der Waals surface area contributed by atoms with Crippen molar-refractivity contribution in [3.63, 3.8) is 0 Å². The zero-order valence-corrected chi connectivity index (χ0v) is 8.52. The van der Waals surface area contributed by atoms with Crippen LogP contribution in [0.3, 0.4) is 0 Å². The molecule has 0 atom stereocenters. The van der Waals surface area contributed by atoms with Gasteiger partial charge in [-0.05, 0) is 6.07 Å². The summed E-state index contributed by atoms with van der Waals surface area (Å²) >= 11 is 0. The maximum Gasteiger partial charge on any atom is 0.417 e. The van der Waals surface area contributed by atoms with E-state index >= 15 is 0 Å². The molecule has 0 fully saturated rings. The first-order valence-corrected chi connectivity index (χ1v) is 5.96. The largest absolute Gasteiger partial charge is 0.417 e. The Morgan fingerprint density at radius 1 is 1.40 bits per heavy atom. The van der Waals surface area contributed by atoms with Crippen molar-refractivity contribution in [2.45, 2.75) is 4.90 Å². The maximum absolute atomic E-state index is 12.9. The fourth-order valence-corrected chi connectivity index (χ4v) is 2.20. The summed E-state index contributed by atoms with van der Waals surface area (Å²) in [5.74, 6) is -1.73. The van der Waals surface area contributed by atoms with Crippen LogP contribution in [0.5, 0.6) is 0 Å². The summed E-state index contributed by atoms with van der Waals surface area (Å²) in [4.78, 5) is 12.4. The molecule has 0 bridgehead atoms. The molecule has 1 aromatic carbocycles. The van der Waals surface area contributed by atoms with E-state index in [1.165, 1.54) is 0 Å². The molecule has 15 heavy (non-hydrogen) atoms. The van der Waals surface area contributed by atoms with Crippen molar-refractivity contribution in [1.82, 2.24) is 4.98 Å². The Bertz CT molecular complexity index is 687. The van der Waals surface area contributed by atoms with E-state index in [-0.39, 0.29) is 11.1 Å². The van der Waals surface area contributed by atoms with Crippen molar-refractivity contribution < 1.29 is 17.2 Å². The lowest BCUT2D eigenvalue weighted by Gasteiger charge is -1.96. The van der Waals surface area contributed by atoms with Gasteiger partial charge in [-0.2, -0.15) is 0 Å². The second-order valence-corrected chi connectivity index (χ2v) is 5.26. The second kappa shape index (κ2) is 3.07. The highest BCUT2D eigenvalue weighted by Gasteiger charge is 2.19. The van der Waals surface area contributed by atoms with Crippen LogP contribution in [0.15, 0.2) is 26.2 Å². The minimum absolute atomic E-state index is 0.142. The van der Waals surface area contributed by atoms with Gasteiger partial charge in [0.05, 0.1) is 0 Å². The van der Waals surface area contributed by atoms with E-state index in [4.69, 9.17) is 10.7 Å². The van der Waals surface area contributed by atoms with E-state index in [1.54, 1.807) is 0 Å². The molecule has 2 aromatic rings. The molecule has 0 saturated carbocycles. The van der Waals surface area contributed by atoms with Gasteiger partial charge >= 0.3 is 5.76 Å². The van der Waals surface area contributed by atoms with Crippen molar-refractivity contribution >= 4 is 30.8 Å². The van der Waals surface area contributed by atoms with E-state index in [1.807, 2.05) is 0 Å². The van der Waals surface area contributed by atoms with Crippen molar-refractivity contribution in [1.29, 1.82) is 0 Å². The fraction of sp³-hybridized carbons (Fsp3) is 0. The number of halogens is 2. The average molecular weight is 252 g/mol. The quantitative estimate of drug-likeness (QED) is 0.772. The highest BCUT2D eigenvalue weighted by molar-refractivity contribution is 8.14. The van der Waals surface area contributed by atoms with Crippen molar-refractivity contribution in [2.24, 2.45) is 0 Å². The SMILES string of the molecule is O=c1[nH]c2c(S(=O)(=O)Cl)cc(F)cc2o1. The summed E-state index contributed by atoms with van der Waals surface area (Å²) in [5, 5.41) is 0. The Balaban J connectivity index is 3.01. The van der Waals surface area contributed by atoms with E-state index in [9.17, 15) is 17.6 Å². The fourth-order valence-electron chi connectivity index (χ4n) is 1.18. The molecule has 8 heteroatoms. The number of hydrogen-bond donors (Lipinski definition) is 1. The first-order valence-electron chi connectivity index (χ1n) is 3.65. The van der Waals surface area contributed by atoms with E-state index in [0.717, 1.165) is 6.07 Å². The minimum atomic E-state index is -4.14. The third-order valence-corrected chi connectivity index (χ3v) is 3.07. The zero-order chi connectivity index (χ0) is 11.2. The highest BCUT2D eigenvalue weighted by Crippen LogP contribution is 2.24. The van der Waals surface area contributed by atoms with Crippen LogP contribution in [-0.2, 0) is 9.05 Å². The lowest BCUT2D eigenvalue weighted by atomic mass is 10.3. The van der Waals surface area contributed by atoms with Gasteiger partial charge in [-0.1, -0.05) is 0 Å². The van der Waals surface area contributed by atoms with Crippen LogP contribution < -0.4 is 5.76 Å². The molecule has 0 unspecified atom stereocenters. The molecular formula is C7H3ClFNO4S. The predicted molar refractivity (Wildman–Crippen MR) is 49.8 cm³/mol. The Kier molecular flexibility index (Phi) is 2.09. The number of fused-ring (bicyclic) bond motifs is 1. The lowest BCUT2D eigenvalue weighted by Crippen LogP contribution is -1.97. The molecule has 1 aromatic heterocycles. The van der Waals surface area contributed by atoms with Crippen LogP contribution in [-0.4, -0.2) is 13.4 Å². The molecule has 0 radical (unpaired) electrons. The molecule has 1 N–H and O–H groups in total. The van der Waals surface area contributed by atoms with E-state index in [0.29, 0.717) is 6.07 Å². The van der Waals surface area contributed by atoms with Crippen LogP contribution in [0.25, 0.3) is 11.1 Å². The molecule has 80 valence electrons. The molecule has 2 rings (SSSR count). The number of H-pyrrole nitrogens is 1. The number of aromatic nitrogens is 1. The van der Waals surface area contributed by atoms with Crippen LogP contribution in [0.2, 0.25) is 0 Å². The normalized spacial score (nSPS) is 12.1.